The van der Waals surface area contributed by atoms with Crippen LogP contribution in [-0.4, -0.2) is 17.8 Å². The van der Waals surface area contributed by atoms with E-state index in [-0.39, 0.29) is 0 Å². The van der Waals surface area contributed by atoms with Crippen molar-refractivity contribution in [2.75, 3.05) is 7.05 Å². The van der Waals surface area contributed by atoms with E-state index >= 15 is 0 Å². The average Bonchev–Trinajstić information content (AvgIpc) is 2.12. The normalized spacial score (nSPS) is 11.7. The summed E-state index contributed by atoms with van der Waals surface area (Å²) in [7, 11) is 1.73. The van der Waals surface area contributed by atoms with Crippen LogP contribution in [0.15, 0.2) is 42.7 Å². The zero-order chi connectivity index (χ0) is 9.40. The van der Waals surface area contributed by atoms with Crippen molar-refractivity contribution in [3.05, 3.63) is 37.7 Å². The van der Waals surface area contributed by atoms with Crippen LogP contribution in [0, 0.1) is 0 Å². The topological polar surface area (TPSA) is 15.6 Å². The van der Waals surface area contributed by atoms with Crippen molar-refractivity contribution in [2.45, 2.75) is 13.3 Å². The molecule has 2 nitrogen and oxygen atoms in total. The van der Waals surface area contributed by atoms with Crippen LogP contribution in [0.3, 0.4) is 0 Å². The largest absolute Gasteiger partial charge is 0.310 e. The molecule has 0 rings (SSSR count). The average molecular weight is 164 g/mol. The number of allylic oxidation sites excluding steroid dienone is 1. The minimum absolute atomic E-state index is 0.801. The van der Waals surface area contributed by atoms with E-state index in [2.05, 4.69) is 25.1 Å². The number of hydrogen-bond acceptors (Lipinski definition) is 1. The van der Waals surface area contributed by atoms with Crippen LogP contribution < -0.4 is 0 Å². The van der Waals surface area contributed by atoms with Crippen molar-refractivity contribution >= 4 is 5.84 Å². The van der Waals surface area contributed by atoms with Gasteiger partial charge in [0.25, 0.3) is 0 Å². The molecule has 0 N–H and O–H groups in total. The maximum Gasteiger partial charge on any atom is 0.130 e. The number of amidine groups is 1. The molecule has 12 heavy (non-hydrogen) atoms. The molecular formula is C10H16N2. The second kappa shape index (κ2) is 6.40. The molecular weight excluding hydrogens is 148 g/mol. The number of hydrogen-bond donors (Lipinski definition) is 0. The maximum absolute atomic E-state index is 4.03. The highest BCUT2D eigenvalue weighted by atomic mass is 15.1. The fourth-order valence-corrected chi connectivity index (χ4v) is 0.762. The van der Waals surface area contributed by atoms with E-state index < -0.39 is 0 Å². The third kappa shape index (κ3) is 3.19. The molecule has 66 valence electrons. The van der Waals surface area contributed by atoms with Gasteiger partial charge in [-0.2, -0.15) is 0 Å². The van der Waals surface area contributed by atoms with Gasteiger partial charge in [-0.1, -0.05) is 26.2 Å². The lowest BCUT2D eigenvalue weighted by Crippen LogP contribution is -2.16. The first-order valence-electron chi connectivity index (χ1n) is 3.96. The Morgan fingerprint density at radius 2 is 2.17 bits per heavy atom. The van der Waals surface area contributed by atoms with E-state index in [9.17, 15) is 0 Å². The van der Waals surface area contributed by atoms with Gasteiger partial charge in [0.1, 0.15) is 5.84 Å². The summed E-state index contributed by atoms with van der Waals surface area (Å²) in [5, 5.41) is 0. The summed E-state index contributed by atoms with van der Waals surface area (Å²) >= 11 is 0. The standard InChI is InChI=1S/C10H16N2/c1-5-8-9-12(7-3)10(6-2)11-4/h6-9H,2-3,5H2,1,4H3/b9-8-,11-10?. The van der Waals surface area contributed by atoms with Crippen LogP contribution in [0.2, 0.25) is 0 Å². The van der Waals surface area contributed by atoms with Gasteiger partial charge in [-0.3, -0.25) is 4.99 Å². The van der Waals surface area contributed by atoms with Crippen molar-refractivity contribution in [3.63, 3.8) is 0 Å². The van der Waals surface area contributed by atoms with E-state index in [0.29, 0.717) is 0 Å². The molecule has 0 unspecified atom stereocenters. The predicted octanol–water partition coefficient (Wildman–Crippen LogP) is 2.57. The summed E-state index contributed by atoms with van der Waals surface area (Å²) in [5.74, 6) is 0.801. The Bertz CT molecular complexity index is 202. The van der Waals surface area contributed by atoms with Gasteiger partial charge < -0.3 is 4.90 Å². The van der Waals surface area contributed by atoms with Crippen LogP contribution in [0.1, 0.15) is 13.3 Å². The first-order chi connectivity index (χ1) is 5.79. The van der Waals surface area contributed by atoms with Crippen LogP contribution in [0.4, 0.5) is 0 Å². The Hall–Kier alpha value is -1.31. The van der Waals surface area contributed by atoms with Crippen molar-refractivity contribution in [3.8, 4) is 0 Å². The maximum atomic E-state index is 4.03. The van der Waals surface area contributed by atoms with Gasteiger partial charge in [-0.25, -0.2) is 0 Å². The zero-order valence-corrected chi connectivity index (χ0v) is 7.83. The molecule has 0 fully saturated rings. The van der Waals surface area contributed by atoms with E-state index in [0.717, 1.165) is 12.3 Å². The van der Waals surface area contributed by atoms with E-state index in [1.807, 2.05) is 17.2 Å². The lowest BCUT2D eigenvalue weighted by atomic mass is 10.4. The van der Waals surface area contributed by atoms with Crippen LogP contribution in [0.25, 0.3) is 0 Å². The van der Waals surface area contributed by atoms with Crippen LogP contribution in [-0.2, 0) is 0 Å². The first kappa shape index (κ1) is 10.7. The summed E-state index contributed by atoms with van der Waals surface area (Å²) in [6, 6.07) is 0. The molecule has 0 aromatic heterocycles. The Kier molecular flexibility index (Phi) is 5.70. The molecule has 0 heterocycles. The second-order valence-corrected chi connectivity index (χ2v) is 2.17. The van der Waals surface area contributed by atoms with Crippen molar-refractivity contribution in [2.24, 2.45) is 4.99 Å². The van der Waals surface area contributed by atoms with Gasteiger partial charge in [-0.05, 0) is 12.5 Å². The first-order valence-corrected chi connectivity index (χ1v) is 3.96. The fourth-order valence-electron chi connectivity index (χ4n) is 0.762. The Labute approximate surface area is 74.6 Å². The van der Waals surface area contributed by atoms with Crippen molar-refractivity contribution in [1.29, 1.82) is 0 Å². The fraction of sp³-hybridized carbons (Fsp3) is 0.300. The SMILES string of the molecule is C=CC(=NC)N(C=C)/C=C\CC. The van der Waals surface area contributed by atoms with E-state index in [1.54, 1.807) is 19.3 Å². The van der Waals surface area contributed by atoms with Gasteiger partial charge in [-0.15, -0.1) is 0 Å². The lowest BCUT2D eigenvalue weighted by molar-refractivity contribution is 0.759. The second-order valence-electron chi connectivity index (χ2n) is 2.17. The van der Waals surface area contributed by atoms with E-state index in [4.69, 9.17) is 0 Å². The lowest BCUT2D eigenvalue weighted by Gasteiger charge is -2.13. The molecule has 0 aromatic carbocycles. The quantitative estimate of drug-likeness (QED) is 0.460. The third-order valence-corrected chi connectivity index (χ3v) is 1.37. The van der Waals surface area contributed by atoms with E-state index in [1.165, 1.54) is 0 Å². The smallest absolute Gasteiger partial charge is 0.130 e. The molecule has 0 spiro atoms. The molecule has 0 aliphatic carbocycles. The molecule has 0 aliphatic heterocycles. The highest BCUT2D eigenvalue weighted by Crippen LogP contribution is 1.96. The summed E-state index contributed by atoms with van der Waals surface area (Å²) in [6.45, 7) is 9.41. The van der Waals surface area contributed by atoms with Gasteiger partial charge in [0.15, 0.2) is 0 Å². The minimum atomic E-state index is 0.801. The van der Waals surface area contributed by atoms with Gasteiger partial charge in [0, 0.05) is 19.4 Å². The summed E-state index contributed by atoms with van der Waals surface area (Å²) < 4.78 is 0. The zero-order valence-electron chi connectivity index (χ0n) is 7.83. The monoisotopic (exact) mass is 164 g/mol. The van der Waals surface area contributed by atoms with Crippen LogP contribution in [0.5, 0.6) is 0 Å². The summed E-state index contributed by atoms with van der Waals surface area (Å²) in [4.78, 5) is 5.86. The van der Waals surface area contributed by atoms with Crippen molar-refractivity contribution in [1.82, 2.24) is 4.90 Å². The molecule has 0 saturated heterocycles. The third-order valence-electron chi connectivity index (χ3n) is 1.37. The molecule has 0 atom stereocenters. The van der Waals surface area contributed by atoms with Gasteiger partial charge in [0.05, 0.1) is 0 Å². The highest BCUT2D eigenvalue weighted by Gasteiger charge is 1.96. The molecule has 0 saturated carbocycles. The summed E-state index contributed by atoms with van der Waals surface area (Å²) in [6.07, 6.45) is 8.36. The number of nitrogens with zero attached hydrogens (tertiary/aromatic N) is 2. The molecule has 0 amide bonds. The Balaban J connectivity index is 4.42. The summed E-state index contributed by atoms with van der Waals surface area (Å²) in [5.41, 5.74) is 0. The molecule has 0 bridgehead atoms. The van der Waals surface area contributed by atoms with Gasteiger partial charge in [0.2, 0.25) is 0 Å². The number of rotatable bonds is 4. The van der Waals surface area contributed by atoms with Gasteiger partial charge >= 0.3 is 0 Å². The van der Waals surface area contributed by atoms with Crippen molar-refractivity contribution < 1.29 is 0 Å². The molecule has 2 heteroatoms. The minimum Gasteiger partial charge on any atom is -0.310 e. The van der Waals surface area contributed by atoms with Crippen LogP contribution >= 0.6 is 0 Å². The Morgan fingerprint density at radius 1 is 1.50 bits per heavy atom. The molecule has 0 radical (unpaired) electrons. The number of aliphatic imine (C=N–C) groups is 1. The highest BCUT2D eigenvalue weighted by molar-refractivity contribution is 5.93. The Morgan fingerprint density at radius 3 is 2.50 bits per heavy atom. The molecule has 0 aromatic rings. The predicted molar refractivity (Wildman–Crippen MR) is 55.0 cm³/mol. The molecule has 0 aliphatic rings.